The van der Waals surface area contributed by atoms with E-state index in [1.807, 2.05) is 7.05 Å². The first-order valence-corrected chi connectivity index (χ1v) is 6.45. The Morgan fingerprint density at radius 3 is 2.53 bits per heavy atom. The summed E-state index contributed by atoms with van der Waals surface area (Å²) in [6, 6.07) is 2.13. The quantitative estimate of drug-likeness (QED) is 0.859. The number of hydrogen-bond acceptors (Lipinski definition) is 5. The molecule has 17 heavy (non-hydrogen) atoms. The van der Waals surface area contributed by atoms with Crippen LogP contribution in [0.5, 0.6) is 0 Å². The van der Waals surface area contributed by atoms with E-state index < -0.39 is 0 Å². The number of rotatable bonds is 2. The van der Waals surface area contributed by atoms with Crippen LogP contribution in [0.2, 0.25) is 0 Å². The largest absolute Gasteiger partial charge is 0.365 e. The Hall–Kier alpha value is -1.36. The van der Waals surface area contributed by atoms with Gasteiger partial charge in [0.2, 0.25) is 5.95 Å². The maximum Gasteiger partial charge on any atom is 0.225 e. The van der Waals surface area contributed by atoms with Crippen LogP contribution < -0.4 is 10.6 Å². The Labute approximate surface area is 105 Å². The highest BCUT2D eigenvalue weighted by Crippen LogP contribution is 2.30. The zero-order valence-corrected chi connectivity index (χ0v) is 11.7. The molecular weight excluding hydrogens is 232 g/mol. The summed E-state index contributed by atoms with van der Waals surface area (Å²) in [5.74, 6) is 1.56. The molecule has 0 saturated carbocycles. The lowest BCUT2D eigenvalue weighted by molar-refractivity contribution is 0.631. The summed E-state index contributed by atoms with van der Waals surface area (Å²) < 4.78 is 0. The number of fused-ring (bicyclic) bond motifs is 1. The smallest absolute Gasteiger partial charge is 0.225 e. The van der Waals surface area contributed by atoms with E-state index in [-0.39, 0.29) is 5.54 Å². The van der Waals surface area contributed by atoms with Gasteiger partial charge in [-0.2, -0.15) is 4.98 Å². The minimum absolute atomic E-state index is 0.0118. The molecule has 4 nitrogen and oxygen atoms in total. The second-order valence-corrected chi connectivity index (χ2v) is 6.33. The maximum absolute atomic E-state index is 4.49. The maximum atomic E-state index is 4.49. The normalized spacial score (nSPS) is 11.8. The highest BCUT2D eigenvalue weighted by molar-refractivity contribution is 7.18. The molecule has 2 rings (SSSR count). The standard InChI is InChI=1S/C12H18N4S/c1-7-6-8-9(16-12(2,3)4)14-11(13-5)15-10(8)17-7/h6H,1-5H3,(H2,13,14,15,16). The molecule has 2 heterocycles. The summed E-state index contributed by atoms with van der Waals surface area (Å²) in [5.41, 5.74) is -0.0118. The van der Waals surface area contributed by atoms with Gasteiger partial charge < -0.3 is 10.6 Å². The van der Waals surface area contributed by atoms with Gasteiger partial charge in [0, 0.05) is 17.5 Å². The van der Waals surface area contributed by atoms with Crippen molar-refractivity contribution in [2.24, 2.45) is 0 Å². The first-order valence-electron chi connectivity index (χ1n) is 5.63. The number of hydrogen-bond donors (Lipinski definition) is 2. The molecular formula is C12H18N4S. The molecule has 0 aliphatic rings. The van der Waals surface area contributed by atoms with Crippen molar-refractivity contribution in [3.63, 3.8) is 0 Å². The Bertz CT molecular complexity index is 539. The highest BCUT2D eigenvalue weighted by Gasteiger charge is 2.15. The summed E-state index contributed by atoms with van der Waals surface area (Å²) in [5, 5.41) is 7.53. The van der Waals surface area contributed by atoms with E-state index in [0.29, 0.717) is 5.95 Å². The molecule has 2 aromatic rings. The Kier molecular flexibility index (Phi) is 2.95. The lowest BCUT2D eigenvalue weighted by Crippen LogP contribution is -2.27. The first-order chi connectivity index (χ1) is 7.89. The van der Waals surface area contributed by atoms with Crippen LogP contribution in [-0.2, 0) is 0 Å². The van der Waals surface area contributed by atoms with Crippen LogP contribution in [0.4, 0.5) is 11.8 Å². The molecule has 0 aliphatic heterocycles. The van der Waals surface area contributed by atoms with Gasteiger partial charge in [-0.15, -0.1) is 11.3 Å². The Balaban J connectivity index is 2.58. The van der Waals surface area contributed by atoms with Crippen molar-refractivity contribution in [2.45, 2.75) is 33.2 Å². The third-order valence-corrected chi connectivity index (χ3v) is 3.18. The van der Waals surface area contributed by atoms with Gasteiger partial charge in [0.25, 0.3) is 0 Å². The second kappa shape index (κ2) is 4.14. The molecule has 2 aromatic heterocycles. The Morgan fingerprint density at radius 2 is 1.94 bits per heavy atom. The SMILES string of the molecule is CNc1nc(NC(C)(C)C)c2cc(C)sc2n1. The lowest BCUT2D eigenvalue weighted by Gasteiger charge is -2.22. The first kappa shape index (κ1) is 12.1. The minimum Gasteiger partial charge on any atom is -0.365 e. The highest BCUT2D eigenvalue weighted by atomic mass is 32.1. The van der Waals surface area contributed by atoms with Crippen molar-refractivity contribution in [3.05, 3.63) is 10.9 Å². The molecule has 2 N–H and O–H groups in total. The van der Waals surface area contributed by atoms with E-state index in [9.17, 15) is 0 Å². The van der Waals surface area contributed by atoms with E-state index in [4.69, 9.17) is 0 Å². The molecule has 0 radical (unpaired) electrons. The lowest BCUT2D eigenvalue weighted by atomic mass is 10.1. The second-order valence-electron chi connectivity index (χ2n) is 5.10. The van der Waals surface area contributed by atoms with Gasteiger partial charge in [0.1, 0.15) is 10.6 Å². The topological polar surface area (TPSA) is 49.8 Å². The van der Waals surface area contributed by atoms with Crippen molar-refractivity contribution >= 4 is 33.3 Å². The Morgan fingerprint density at radius 1 is 1.24 bits per heavy atom. The fraction of sp³-hybridized carbons (Fsp3) is 0.500. The summed E-state index contributed by atoms with van der Waals surface area (Å²) >= 11 is 1.69. The number of nitrogens with one attached hydrogen (secondary N) is 2. The third-order valence-electron chi connectivity index (χ3n) is 2.23. The van der Waals surface area contributed by atoms with Crippen molar-refractivity contribution < 1.29 is 0 Å². The van der Waals surface area contributed by atoms with Crippen LogP contribution in [0.25, 0.3) is 10.2 Å². The molecule has 0 saturated heterocycles. The van der Waals surface area contributed by atoms with E-state index in [0.717, 1.165) is 16.0 Å². The van der Waals surface area contributed by atoms with Crippen LogP contribution >= 0.6 is 11.3 Å². The van der Waals surface area contributed by atoms with E-state index in [1.165, 1.54) is 4.88 Å². The van der Waals surface area contributed by atoms with Gasteiger partial charge in [0.05, 0.1) is 5.39 Å². The number of aryl methyl sites for hydroxylation is 1. The van der Waals surface area contributed by atoms with Crippen LogP contribution in [0.15, 0.2) is 6.07 Å². The number of aromatic nitrogens is 2. The van der Waals surface area contributed by atoms with Crippen LogP contribution in [-0.4, -0.2) is 22.6 Å². The minimum atomic E-state index is -0.0118. The zero-order chi connectivity index (χ0) is 12.6. The molecule has 0 fully saturated rings. The van der Waals surface area contributed by atoms with Crippen molar-refractivity contribution in [1.82, 2.24) is 9.97 Å². The van der Waals surface area contributed by atoms with Gasteiger partial charge >= 0.3 is 0 Å². The van der Waals surface area contributed by atoms with Crippen molar-refractivity contribution in [2.75, 3.05) is 17.7 Å². The summed E-state index contributed by atoms with van der Waals surface area (Å²) in [6.45, 7) is 8.46. The average Bonchev–Trinajstić information content (AvgIpc) is 2.56. The molecule has 0 aromatic carbocycles. The molecule has 0 unspecified atom stereocenters. The fourth-order valence-electron chi connectivity index (χ4n) is 1.60. The predicted octanol–water partition coefficient (Wildman–Crippen LogP) is 3.25. The number of thiophene rings is 1. The monoisotopic (exact) mass is 250 g/mol. The van der Waals surface area contributed by atoms with Gasteiger partial charge in [-0.3, -0.25) is 0 Å². The third kappa shape index (κ3) is 2.66. The summed E-state index contributed by atoms with van der Waals surface area (Å²) in [4.78, 5) is 11.2. The van der Waals surface area contributed by atoms with E-state index >= 15 is 0 Å². The van der Waals surface area contributed by atoms with E-state index in [2.05, 4.69) is 54.4 Å². The molecule has 0 atom stereocenters. The molecule has 5 heteroatoms. The summed E-state index contributed by atoms with van der Waals surface area (Å²) in [6.07, 6.45) is 0. The zero-order valence-electron chi connectivity index (χ0n) is 10.9. The number of nitrogens with zero attached hydrogens (tertiary/aromatic N) is 2. The van der Waals surface area contributed by atoms with Gasteiger partial charge in [0.15, 0.2) is 0 Å². The summed E-state index contributed by atoms with van der Waals surface area (Å²) in [7, 11) is 1.84. The van der Waals surface area contributed by atoms with Gasteiger partial charge in [-0.25, -0.2) is 4.98 Å². The average molecular weight is 250 g/mol. The molecule has 0 spiro atoms. The van der Waals surface area contributed by atoms with Crippen LogP contribution in [0, 0.1) is 6.92 Å². The predicted molar refractivity (Wildman–Crippen MR) is 75.1 cm³/mol. The fourth-order valence-corrected chi connectivity index (χ4v) is 2.48. The van der Waals surface area contributed by atoms with Crippen LogP contribution in [0.1, 0.15) is 25.6 Å². The van der Waals surface area contributed by atoms with Crippen molar-refractivity contribution in [3.8, 4) is 0 Å². The van der Waals surface area contributed by atoms with E-state index in [1.54, 1.807) is 11.3 Å². The van der Waals surface area contributed by atoms with Crippen molar-refractivity contribution in [1.29, 1.82) is 0 Å². The number of anilines is 2. The van der Waals surface area contributed by atoms with Gasteiger partial charge in [-0.05, 0) is 33.8 Å². The molecule has 0 bridgehead atoms. The molecule has 92 valence electrons. The molecule has 0 aliphatic carbocycles. The van der Waals surface area contributed by atoms with Gasteiger partial charge in [-0.1, -0.05) is 0 Å². The molecule has 0 amide bonds. The van der Waals surface area contributed by atoms with Crippen LogP contribution in [0.3, 0.4) is 0 Å².